The monoisotopic (exact) mass is 191 g/mol. The molecule has 1 aromatic carbocycles. The minimum Gasteiger partial charge on any atom is -0.369 e. The molecule has 1 fully saturated rings. The molecular formula is C12H17NO. The third-order valence-corrected chi connectivity index (χ3v) is 2.78. The van der Waals surface area contributed by atoms with Gasteiger partial charge in [0, 0.05) is 6.54 Å². The molecule has 0 aromatic heterocycles. The van der Waals surface area contributed by atoms with Crippen LogP contribution in [0.2, 0.25) is 0 Å². The lowest BCUT2D eigenvalue weighted by Gasteiger charge is -2.12. The fourth-order valence-corrected chi connectivity index (χ4v) is 1.99. The van der Waals surface area contributed by atoms with Gasteiger partial charge < -0.3 is 10.5 Å². The van der Waals surface area contributed by atoms with Crippen LogP contribution in [0.4, 0.5) is 0 Å². The molecule has 0 spiro atoms. The first-order valence-corrected chi connectivity index (χ1v) is 5.21. The van der Waals surface area contributed by atoms with Crippen molar-refractivity contribution < 1.29 is 4.74 Å². The highest BCUT2D eigenvalue weighted by molar-refractivity contribution is 5.24. The van der Waals surface area contributed by atoms with Crippen LogP contribution >= 0.6 is 0 Å². The number of benzene rings is 1. The molecule has 2 N–H and O–H groups in total. The molecule has 1 aliphatic heterocycles. The summed E-state index contributed by atoms with van der Waals surface area (Å²) in [6, 6.07) is 8.53. The molecule has 0 aliphatic carbocycles. The molecule has 0 bridgehead atoms. The lowest BCUT2D eigenvalue weighted by Crippen LogP contribution is -2.18. The largest absolute Gasteiger partial charge is 0.369 e. The second-order valence-electron chi connectivity index (χ2n) is 3.97. The van der Waals surface area contributed by atoms with Crippen molar-refractivity contribution in [2.45, 2.75) is 32.0 Å². The zero-order chi connectivity index (χ0) is 9.97. The maximum Gasteiger partial charge on any atom is 0.0830 e. The van der Waals surface area contributed by atoms with Crippen LogP contribution in [0.3, 0.4) is 0 Å². The summed E-state index contributed by atoms with van der Waals surface area (Å²) in [6.45, 7) is 2.75. The summed E-state index contributed by atoms with van der Waals surface area (Å²) >= 11 is 0. The molecule has 2 atom stereocenters. The molecular weight excluding hydrogens is 174 g/mol. The van der Waals surface area contributed by atoms with E-state index in [2.05, 4.69) is 31.2 Å². The van der Waals surface area contributed by atoms with Gasteiger partial charge in [0.25, 0.3) is 0 Å². The summed E-state index contributed by atoms with van der Waals surface area (Å²) in [5.74, 6) is 0. The van der Waals surface area contributed by atoms with Crippen LogP contribution in [-0.4, -0.2) is 12.6 Å². The fourth-order valence-electron chi connectivity index (χ4n) is 1.99. The summed E-state index contributed by atoms with van der Waals surface area (Å²) in [4.78, 5) is 0. The van der Waals surface area contributed by atoms with Crippen molar-refractivity contribution >= 4 is 0 Å². The molecule has 0 saturated carbocycles. The molecule has 1 heterocycles. The van der Waals surface area contributed by atoms with Crippen LogP contribution in [0.15, 0.2) is 24.3 Å². The van der Waals surface area contributed by atoms with Gasteiger partial charge in [0.1, 0.15) is 0 Å². The summed E-state index contributed by atoms with van der Waals surface area (Å²) in [5.41, 5.74) is 8.17. The molecule has 1 saturated heterocycles. The Balaban J connectivity index is 2.09. The highest BCUT2D eigenvalue weighted by Gasteiger charge is 2.25. The lowest BCUT2D eigenvalue weighted by molar-refractivity contribution is 0.0498. The van der Waals surface area contributed by atoms with Crippen molar-refractivity contribution in [2.24, 2.45) is 5.73 Å². The first kappa shape index (κ1) is 9.69. The first-order chi connectivity index (χ1) is 6.79. The fraction of sp³-hybridized carbons (Fsp3) is 0.500. The van der Waals surface area contributed by atoms with Crippen molar-refractivity contribution in [3.8, 4) is 0 Å². The summed E-state index contributed by atoms with van der Waals surface area (Å²) < 4.78 is 5.83. The van der Waals surface area contributed by atoms with E-state index in [1.54, 1.807) is 0 Å². The van der Waals surface area contributed by atoms with Crippen molar-refractivity contribution in [3.05, 3.63) is 35.4 Å². The van der Waals surface area contributed by atoms with E-state index in [1.165, 1.54) is 11.1 Å². The molecule has 1 aromatic rings. The highest BCUT2D eigenvalue weighted by atomic mass is 16.5. The Labute approximate surface area is 85.1 Å². The topological polar surface area (TPSA) is 35.2 Å². The Hall–Kier alpha value is -0.860. The Bertz CT molecular complexity index is 311. The van der Waals surface area contributed by atoms with Crippen molar-refractivity contribution in [1.82, 2.24) is 0 Å². The molecule has 0 amide bonds. The predicted molar refractivity (Wildman–Crippen MR) is 57.1 cm³/mol. The molecule has 1 aliphatic rings. The predicted octanol–water partition coefficient (Wildman–Crippen LogP) is 2.17. The number of nitrogens with two attached hydrogens (primary N) is 1. The van der Waals surface area contributed by atoms with Gasteiger partial charge in [0.15, 0.2) is 0 Å². The molecule has 14 heavy (non-hydrogen) atoms. The van der Waals surface area contributed by atoms with Gasteiger partial charge in [-0.25, -0.2) is 0 Å². The van der Waals surface area contributed by atoms with Crippen LogP contribution < -0.4 is 5.73 Å². The van der Waals surface area contributed by atoms with Gasteiger partial charge in [-0.3, -0.25) is 0 Å². The number of hydrogen-bond donors (Lipinski definition) is 1. The second kappa shape index (κ2) is 4.11. The van der Waals surface area contributed by atoms with E-state index >= 15 is 0 Å². The quantitative estimate of drug-likeness (QED) is 0.777. The van der Waals surface area contributed by atoms with Gasteiger partial charge in [-0.05, 0) is 25.3 Å². The van der Waals surface area contributed by atoms with E-state index in [-0.39, 0.29) is 12.2 Å². The zero-order valence-corrected chi connectivity index (χ0v) is 8.57. The molecule has 2 rings (SSSR count). The molecule has 0 unspecified atom stereocenters. The average molecular weight is 191 g/mol. The Morgan fingerprint density at radius 1 is 1.43 bits per heavy atom. The van der Waals surface area contributed by atoms with Gasteiger partial charge in [-0.15, -0.1) is 0 Å². The van der Waals surface area contributed by atoms with Gasteiger partial charge in [0.05, 0.1) is 12.2 Å². The van der Waals surface area contributed by atoms with Crippen LogP contribution in [0, 0.1) is 6.92 Å². The van der Waals surface area contributed by atoms with Crippen molar-refractivity contribution in [3.63, 3.8) is 0 Å². The third kappa shape index (κ3) is 1.97. The number of aryl methyl sites for hydroxylation is 1. The minimum absolute atomic E-state index is 0.264. The van der Waals surface area contributed by atoms with E-state index in [0.717, 1.165) is 12.8 Å². The van der Waals surface area contributed by atoms with Gasteiger partial charge in [0.2, 0.25) is 0 Å². The normalized spacial score (nSPS) is 26.7. The standard InChI is InChI=1S/C12H17NO/c1-9-3-2-4-10(7-9)12-6-5-11(8-13)14-12/h2-4,7,11-12H,5-6,8,13H2,1H3/t11-,12-/m1/s1. The van der Waals surface area contributed by atoms with E-state index < -0.39 is 0 Å². The molecule has 0 radical (unpaired) electrons. The Morgan fingerprint density at radius 3 is 2.93 bits per heavy atom. The molecule has 76 valence electrons. The SMILES string of the molecule is Cc1cccc([C@H]2CC[C@H](CN)O2)c1. The van der Waals surface area contributed by atoms with Gasteiger partial charge in [-0.2, -0.15) is 0 Å². The average Bonchev–Trinajstić information content (AvgIpc) is 2.66. The van der Waals surface area contributed by atoms with E-state index in [1.807, 2.05) is 0 Å². The maximum absolute atomic E-state index is 5.83. The van der Waals surface area contributed by atoms with Crippen molar-refractivity contribution in [2.75, 3.05) is 6.54 Å². The third-order valence-electron chi connectivity index (χ3n) is 2.78. The van der Waals surface area contributed by atoms with Gasteiger partial charge >= 0.3 is 0 Å². The molecule has 2 nitrogen and oxygen atoms in total. The van der Waals surface area contributed by atoms with Crippen LogP contribution in [0.5, 0.6) is 0 Å². The molecule has 2 heteroatoms. The summed E-state index contributed by atoms with van der Waals surface area (Å²) in [7, 11) is 0. The van der Waals surface area contributed by atoms with E-state index in [4.69, 9.17) is 10.5 Å². The highest BCUT2D eigenvalue weighted by Crippen LogP contribution is 2.32. The Morgan fingerprint density at radius 2 is 2.29 bits per heavy atom. The number of hydrogen-bond acceptors (Lipinski definition) is 2. The number of ether oxygens (including phenoxy) is 1. The second-order valence-corrected chi connectivity index (χ2v) is 3.97. The summed E-state index contributed by atoms with van der Waals surface area (Å²) in [5, 5.41) is 0. The van der Waals surface area contributed by atoms with Crippen LogP contribution in [0.1, 0.15) is 30.1 Å². The Kier molecular flexibility index (Phi) is 2.85. The smallest absolute Gasteiger partial charge is 0.0830 e. The first-order valence-electron chi connectivity index (χ1n) is 5.21. The van der Waals surface area contributed by atoms with Crippen LogP contribution in [-0.2, 0) is 4.74 Å². The zero-order valence-electron chi connectivity index (χ0n) is 8.57. The van der Waals surface area contributed by atoms with Crippen LogP contribution in [0.25, 0.3) is 0 Å². The van der Waals surface area contributed by atoms with Gasteiger partial charge in [-0.1, -0.05) is 29.8 Å². The lowest BCUT2D eigenvalue weighted by atomic mass is 10.0. The van der Waals surface area contributed by atoms with Crippen molar-refractivity contribution in [1.29, 1.82) is 0 Å². The maximum atomic E-state index is 5.83. The summed E-state index contributed by atoms with van der Waals surface area (Å²) in [6.07, 6.45) is 2.73. The van der Waals surface area contributed by atoms with E-state index in [0.29, 0.717) is 6.54 Å². The minimum atomic E-state index is 0.264. The number of rotatable bonds is 2. The van der Waals surface area contributed by atoms with E-state index in [9.17, 15) is 0 Å².